The van der Waals surface area contributed by atoms with E-state index >= 15 is 0 Å². The van der Waals surface area contributed by atoms with Gasteiger partial charge in [-0.05, 0) is 49.2 Å². The van der Waals surface area contributed by atoms with Crippen molar-refractivity contribution >= 4 is 21.8 Å². The number of piperidine rings is 1. The zero-order valence-electron chi connectivity index (χ0n) is 15.4. The summed E-state index contributed by atoms with van der Waals surface area (Å²) in [5, 5.41) is 0. The van der Waals surface area contributed by atoms with Gasteiger partial charge in [-0.25, -0.2) is 0 Å². The Bertz CT molecular complexity index is 1030. The fourth-order valence-electron chi connectivity index (χ4n) is 3.52. The summed E-state index contributed by atoms with van der Waals surface area (Å²) in [5.74, 6) is 0.869. The number of rotatable bonds is 3. The molecule has 2 aromatic carbocycles. The molecule has 7 nitrogen and oxygen atoms in total. The Morgan fingerprint density at radius 3 is 2.57 bits per heavy atom. The lowest BCUT2D eigenvalue weighted by molar-refractivity contribution is -0.140. The number of fused-ring (bicyclic) bond motifs is 1. The maximum absolute atomic E-state index is 12.6. The highest BCUT2D eigenvalue weighted by atomic mass is 32.2. The van der Waals surface area contributed by atoms with E-state index in [0.29, 0.717) is 42.4 Å². The summed E-state index contributed by atoms with van der Waals surface area (Å²) in [6, 6.07) is 13.6. The van der Waals surface area contributed by atoms with Gasteiger partial charge in [0.2, 0.25) is 0 Å². The van der Waals surface area contributed by atoms with Crippen molar-refractivity contribution in [3.05, 3.63) is 54.1 Å². The first-order chi connectivity index (χ1) is 13.5. The third-order valence-electron chi connectivity index (χ3n) is 4.94. The van der Waals surface area contributed by atoms with Crippen LogP contribution in [0.5, 0.6) is 11.5 Å². The number of carbonyl (C=O) groups excluding carboxylic acids is 1. The van der Waals surface area contributed by atoms with Gasteiger partial charge >= 0.3 is 5.97 Å². The number of hydrogen-bond donors (Lipinski definition) is 0. The molecule has 1 fully saturated rings. The Labute approximate surface area is 163 Å². The van der Waals surface area contributed by atoms with Crippen LogP contribution in [0.3, 0.4) is 0 Å². The first-order valence-electron chi connectivity index (χ1n) is 9.03. The Balaban J connectivity index is 1.49. The van der Waals surface area contributed by atoms with E-state index < -0.39 is 10.0 Å². The summed E-state index contributed by atoms with van der Waals surface area (Å²) in [5.41, 5.74) is 0.590. The van der Waals surface area contributed by atoms with E-state index in [0.717, 1.165) is 6.42 Å². The molecule has 2 aliphatic heterocycles. The molecule has 146 valence electrons. The number of likely N-dealkylation sites (tertiary alicyclic amines) is 1. The number of nitrogens with zero attached hydrogens (tertiary/aromatic N) is 2. The molecule has 1 saturated heterocycles. The summed E-state index contributed by atoms with van der Waals surface area (Å²) in [7, 11) is -2.11. The van der Waals surface area contributed by atoms with Crippen molar-refractivity contribution in [2.75, 3.05) is 20.2 Å². The van der Waals surface area contributed by atoms with Crippen LogP contribution in [-0.4, -0.2) is 45.3 Å². The summed E-state index contributed by atoms with van der Waals surface area (Å²) in [6.45, 7) is 1.02. The normalized spacial score (nSPS) is 20.2. The number of methoxy groups -OCH3 is 1. The number of ether oxygens (including phenoxy) is 2. The van der Waals surface area contributed by atoms with Crippen LogP contribution in [0.15, 0.2) is 57.8 Å². The van der Waals surface area contributed by atoms with Gasteiger partial charge in [0.1, 0.15) is 16.4 Å². The van der Waals surface area contributed by atoms with E-state index in [4.69, 9.17) is 9.47 Å². The molecule has 2 aromatic rings. The summed E-state index contributed by atoms with van der Waals surface area (Å²) >= 11 is 0. The quantitative estimate of drug-likeness (QED) is 0.581. The number of hydrogen-bond acceptors (Lipinski definition) is 6. The monoisotopic (exact) mass is 400 g/mol. The molecule has 0 amide bonds. The molecule has 0 saturated carbocycles. The van der Waals surface area contributed by atoms with Crippen molar-refractivity contribution in [2.45, 2.75) is 17.7 Å². The lowest BCUT2D eigenvalue weighted by atomic mass is 9.97. The lowest BCUT2D eigenvalue weighted by Crippen LogP contribution is -2.43. The number of esters is 1. The Morgan fingerprint density at radius 2 is 1.82 bits per heavy atom. The summed E-state index contributed by atoms with van der Waals surface area (Å²) < 4.78 is 39.1. The van der Waals surface area contributed by atoms with Crippen LogP contribution in [-0.2, 0) is 14.8 Å². The van der Waals surface area contributed by atoms with E-state index in [1.54, 1.807) is 55.6 Å². The van der Waals surface area contributed by atoms with Crippen LogP contribution in [0.25, 0.3) is 0 Å². The maximum Gasteiger partial charge on any atom is 0.316 e. The largest absolute Gasteiger partial charge is 0.497 e. The van der Waals surface area contributed by atoms with Crippen molar-refractivity contribution in [3.8, 4) is 11.5 Å². The van der Waals surface area contributed by atoms with E-state index in [9.17, 15) is 13.2 Å². The number of benzene rings is 2. The van der Waals surface area contributed by atoms with Gasteiger partial charge in [-0.3, -0.25) is 4.79 Å². The second kappa shape index (κ2) is 7.27. The van der Waals surface area contributed by atoms with E-state index in [-0.39, 0.29) is 16.8 Å². The predicted octanol–water partition coefficient (Wildman–Crippen LogP) is 2.46. The molecule has 0 spiro atoms. The van der Waals surface area contributed by atoms with Crippen LogP contribution in [0.1, 0.15) is 18.4 Å². The Kier molecular flexibility index (Phi) is 4.80. The topological polar surface area (TPSA) is 85.3 Å². The van der Waals surface area contributed by atoms with E-state index in [1.807, 2.05) is 4.90 Å². The van der Waals surface area contributed by atoms with E-state index in [1.165, 1.54) is 0 Å². The highest BCUT2D eigenvalue weighted by molar-refractivity contribution is 7.90. The van der Waals surface area contributed by atoms with E-state index in [2.05, 4.69) is 4.40 Å². The summed E-state index contributed by atoms with van der Waals surface area (Å²) in [4.78, 5) is 14.7. The molecule has 1 atom stereocenters. The average Bonchev–Trinajstić information content (AvgIpc) is 3.00. The average molecular weight is 400 g/mol. The minimum absolute atomic E-state index is 0.216. The third-order valence-corrected chi connectivity index (χ3v) is 6.27. The van der Waals surface area contributed by atoms with Crippen molar-refractivity contribution in [1.82, 2.24) is 4.90 Å². The van der Waals surface area contributed by atoms with Gasteiger partial charge in [0.15, 0.2) is 5.84 Å². The molecule has 0 aromatic heterocycles. The minimum atomic E-state index is -3.68. The highest BCUT2D eigenvalue weighted by Crippen LogP contribution is 2.30. The first kappa shape index (κ1) is 18.5. The lowest BCUT2D eigenvalue weighted by Gasteiger charge is -2.32. The molecule has 8 heteroatoms. The smallest absolute Gasteiger partial charge is 0.316 e. The summed E-state index contributed by atoms with van der Waals surface area (Å²) in [6.07, 6.45) is 1.44. The van der Waals surface area contributed by atoms with Crippen molar-refractivity contribution in [1.29, 1.82) is 0 Å². The first-order valence-corrected chi connectivity index (χ1v) is 10.5. The van der Waals surface area contributed by atoms with Gasteiger partial charge in [0.05, 0.1) is 13.0 Å². The van der Waals surface area contributed by atoms with Crippen LogP contribution < -0.4 is 9.47 Å². The van der Waals surface area contributed by atoms with Gasteiger partial charge in [-0.2, -0.15) is 8.42 Å². The standard InChI is InChI=1S/C20H20N2O5S/c1-26-15-8-10-16(11-9-15)27-20(23)14-5-4-12-22(13-14)19-17-6-2-3-7-18(17)28(24,25)21-19/h2-3,6-11,14H,4-5,12-13H2,1H3. The Morgan fingerprint density at radius 1 is 1.11 bits per heavy atom. The highest BCUT2D eigenvalue weighted by Gasteiger charge is 2.35. The van der Waals surface area contributed by atoms with Crippen LogP contribution >= 0.6 is 0 Å². The van der Waals surface area contributed by atoms with Crippen LogP contribution in [0.4, 0.5) is 0 Å². The van der Waals surface area contributed by atoms with Gasteiger partial charge < -0.3 is 14.4 Å². The molecule has 2 aliphatic rings. The fourth-order valence-corrected chi connectivity index (χ4v) is 4.75. The van der Waals surface area contributed by atoms with Crippen molar-refractivity contribution in [3.63, 3.8) is 0 Å². The SMILES string of the molecule is COc1ccc(OC(=O)C2CCCN(C3=NS(=O)(=O)c4ccccc43)C2)cc1. The Hall–Kier alpha value is -2.87. The third kappa shape index (κ3) is 3.47. The molecular formula is C20H20N2O5S. The zero-order valence-corrected chi connectivity index (χ0v) is 16.2. The van der Waals surface area contributed by atoms with Gasteiger partial charge in [-0.1, -0.05) is 12.1 Å². The van der Waals surface area contributed by atoms with Crippen LogP contribution in [0.2, 0.25) is 0 Å². The number of sulfonamides is 1. The second-order valence-corrected chi connectivity index (χ2v) is 8.34. The minimum Gasteiger partial charge on any atom is -0.497 e. The van der Waals surface area contributed by atoms with Crippen molar-refractivity contribution < 1.29 is 22.7 Å². The molecule has 4 rings (SSSR count). The van der Waals surface area contributed by atoms with Crippen molar-refractivity contribution in [2.24, 2.45) is 10.3 Å². The van der Waals surface area contributed by atoms with Gasteiger partial charge in [0, 0.05) is 18.7 Å². The molecule has 0 bridgehead atoms. The second-order valence-electron chi connectivity index (χ2n) is 6.77. The van der Waals surface area contributed by atoms with Gasteiger partial charge in [0.25, 0.3) is 10.0 Å². The molecular weight excluding hydrogens is 380 g/mol. The zero-order chi connectivity index (χ0) is 19.7. The van der Waals surface area contributed by atoms with Gasteiger partial charge in [-0.15, -0.1) is 4.40 Å². The number of carbonyl (C=O) groups is 1. The molecule has 0 N–H and O–H groups in total. The fraction of sp³-hybridized carbons (Fsp3) is 0.300. The number of amidine groups is 1. The van der Waals surface area contributed by atoms with Crippen LogP contribution in [0, 0.1) is 5.92 Å². The predicted molar refractivity (Wildman–Crippen MR) is 103 cm³/mol. The molecule has 2 heterocycles. The molecule has 0 aliphatic carbocycles. The molecule has 0 radical (unpaired) electrons. The molecule has 1 unspecified atom stereocenters. The maximum atomic E-state index is 12.6. The molecule has 28 heavy (non-hydrogen) atoms.